The first kappa shape index (κ1) is 21.9. The number of hydrazine groups is 1. The van der Waals surface area contributed by atoms with E-state index in [1.165, 1.54) is 11.1 Å². The smallest absolute Gasteiger partial charge is 0.0777 e. The van der Waals surface area contributed by atoms with Crippen LogP contribution in [0.5, 0.6) is 0 Å². The zero-order valence-electron chi connectivity index (χ0n) is 19.3. The van der Waals surface area contributed by atoms with Gasteiger partial charge in [-0.2, -0.15) is 5.10 Å². The second kappa shape index (κ2) is 9.06. The number of aryl methyl sites for hydroxylation is 1. The van der Waals surface area contributed by atoms with Gasteiger partial charge in [0.1, 0.15) is 0 Å². The van der Waals surface area contributed by atoms with Gasteiger partial charge < -0.3 is 21.0 Å². The number of benzene rings is 2. The minimum absolute atomic E-state index is 0.101. The summed E-state index contributed by atoms with van der Waals surface area (Å²) in [5.41, 5.74) is 14.7. The van der Waals surface area contributed by atoms with Crippen LogP contribution in [0.25, 0.3) is 16.8 Å². The lowest BCUT2D eigenvalue weighted by molar-refractivity contribution is 0.401. The molecule has 7 heteroatoms. The van der Waals surface area contributed by atoms with Gasteiger partial charge in [0.15, 0.2) is 0 Å². The van der Waals surface area contributed by atoms with Crippen molar-refractivity contribution in [2.45, 2.75) is 25.9 Å². The number of nitrogens with one attached hydrogen (secondary N) is 1. The summed E-state index contributed by atoms with van der Waals surface area (Å²) in [7, 11) is 6.09. The van der Waals surface area contributed by atoms with Crippen LogP contribution in [-0.2, 0) is 13.6 Å². The fraction of sp³-hybridized carbons (Fsp3) is 0.320. The van der Waals surface area contributed by atoms with Gasteiger partial charge in [-0.1, -0.05) is 24.3 Å². The van der Waals surface area contributed by atoms with Gasteiger partial charge in [-0.15, -0.1) is 0 Å². The highest BCUT2D eigenvalue weighted by Crippen LogP contribution is 2.37. The van der Waals surface area contributed by atoms with Crippen molar-refractivity contribution < 1.29 is 0 Å². The molecule has 1 atom stereocenters. The molecule has 0 amide bonds. The number of allylic oxidation sites excluding steroid dienone is 1. The van der Waals surface area contributed by atoms with E-state index >= 15 is 0 Å². The second-order valence-corrected chi connectivity index (χ2v) is 8.85. The Balaban J connectivity index is 1.73. The summed E-state index contributed by atoms with van der Waals surface area (Å²) in [4.78, 5) is 2.17. The fourth-order valence-electron chi connectivity index (χ4n) is 4.37. The largest absolute Gasteiger partial charge is 0.401 e. The van der Waals surface area contributed by atoms with Crippen molar-refractivity contribution in [3.63, 3.8) is 0 Å². The molecule has 0 saturated heterocycles. The van der Waals surface area contributed by atoms with Crippen LogP contribution in [0, 0.1) is 0 Å². The summed E-state index contributed by atoms with van der Waals surface area (Å²) in [6.45, 7) is 3.54. The molecular formula is C25H33N7. The number of nitrogens with zero attached hydrogens (tertiary/aromatic N) is 4. The van der Waals surface area contributed by atoms with Gasteiger partial charge in [-0.05, 0) is 62.3 Å². The van der Waals surface area contributed by atoms with E-state index in [1.807, 2.05) is 31.0 Å². The molecule has 0 aliphatic carbocycles. The van der Waals surface area contributed by atoms with E-state index < -0.39 is 0 Å². The molecule has 2 heterocycles. The van der Waals surface area contributed by atoms with Crippen molar-refractivity contribution in [3.05, 3.63) is 77.2 Å². The summed E-state index contributed by atoms with van der Waals surface area (Å²) in [5, 5.41) is 9.85. The quantitative estimate of drug-likeness (QED) is 0.536. The SMILES string of the molecule is C/C(N)=C1\c2ccc(-c3cnn(C)c3)cc2C(Nc2ccc(CN(C)C)cc2)CCN1N. The number of hydrogen-bond acceptors (Lipinski definition) is 6. The van der Waals surface area contributed by atoms with Crippen molar-refractivity contribution in [2.24, 2.45) is 18.6 Å². The summed E-state index contributed by atoms with van der Waals surface area (Å²) >= 11 is 0. The fourth-order valence-corrected chi connectivity index (χ4v) is 4.37. The number of nitrogens with two attached hydrogens (primary N) is 2. The summed E-state index contributed by atoms with van der Waals surface area (Å²) in [6, 6.07) is 15.2. The molecule has 1 aromatic heterocycles. The third-order valence-corrected chi connectivity index (χ3v) is 5.83. The monoisotopic (exact) mass is 431 g/mol. The van der Waals surface area contributed by atoms with Crippen molar-refractivity contribution in [1.82, 2.24) is 19.7 Å². The highest BCUT2D eigenvalue weighted by Gasteiger charge is 2.26. The molecule has 1 aliphatic rings. The lowest BCUT2D eigenvalue weighted by atomic mass is 9.93. The molecule has 0 spiro atoms. The van der Waals surface area contributed by atoms with Crippen molar-refractivity contribution >= 4 is 11.4 Å². The molecule has 4 rings (SSSR count). The molecule has 5 N–H and O–H groups in total. The third-order valence-electron chi connectivity index (χ3n) is 5.83. The Morgan fingerprint density at radius 1 is 1.16 bits per heavy atom. The Morgan fingerprint density at radius 2 is 1.91 bits per heavy atom. The summed E-state index contributed by atoms with van der Waals surface area (Å²) in [6.07, 6.45) is 4.78. The normalized spacial score (nSPS) is 17.8. The lowest BCUT2D eigenvalue weighted by Crippen LogP contribution is -2.31. The average molecular weight is 432 g/mol. The molecule has 2 aromatic carbocycles. The van der Waals surface area contributed by atoms with Crippen LogP contribution < -0.4 is 16.9 Å². The maximum Gasteiger partial charge on any atom is 0.0777 e. The Hall–Kier alpha value is -3.29. The Bertz CT molecular complexity index is 1110. The van der Waals surface area contributed by atoms with E-state index in [0.29, 0.717) is 6.54 Å². The van der Waals surface area contributed by atoms with Crippen molar-refractivity contribution in [1.29, 1.82) is 0 Å². The highest BCUT2D eigenvalue weighted by molar-refractivity contribution is 5.74. The van der Waals surface area contributed by atoms with Gasteiger partial charge in [-0.25, -0.2) is 5.84 Å². The van der Waals surface area contributed by atoms with E-state index in [1.54, 1.807) is 5.01 Å². The lowest BCUT2D eigenvalue weighted by Gasteiger charge is -2.22. The molecule has 1 aliphatic heterocycles. The number of rotatable bonds is 5. The maximum atomic E-state index is 6.42. The minimum atomic E-state index is 0.101. The zero-order chi connectivity index (χ0) is 22.8. The maximum absolute atomic E-state index is 6.42. The van der Waals surface area contributed by atoms with E-state index in [0.717, 1.165) is 46.7 Å². The van der Waals surface area contributed by atoms with E-state index in [-0.39, 0.29) is 6.04 Å². The van der Waals surface area contributed by atoms with Crippen LogP contribution in [0.2, 0.25) is 0 Å². The highest BCUT2D eigenvalue weighted by atomic mass is 15.4. The number of anilines is 1. The molecule has 0 saturated carbocycles. The van der Waals surface area contributed by atoms with Gasteiger partial charge in [0.25, 0.3) is 0 Å². The Kier molecular flexibility index (Phi) is 6.21. The zero-order valence-corrected chi connectivity index (χ0v) is 19.3. The van der Waals surface area contributed by atoms with Gasteiger partial charge in [0.05, 0.1) is 17.9 Å². The topological polar surface area (TPSA) is 88.4 Å². The number of aromatic nitrogens is 2. The van der Waals surface area contributed by atoms with Crippen LogP contribution in [-0.4, -0.2) is 40.3 Å². The van der Waals surface area contributed by atoms with Crippen molar-refractivity contribution in [3.8, 4) is 11.1 Å². The van der Waals surface area contributed by atoms with Gasteiger partial charge >= 0.3 is 0 Å². The van der Waals surface area contributed by atoms with Crippen molar-refractivity contribution in [2.75, 3.05) is 26.0 Å². The first-order chi connectivity index (χ1) is 15.3. The standard InChI is InChI=1S/C25H33N7/c1-17(26)25-22-10-7-19(20-14-28-31(4)16-20)13-23(22)24(11-12-32(25)27)29-21-8-5-18(6-9-21)15-30(2)3/h5-10,13-14,16,24,29H,11-12,15,26-27H2,1-4H3/b25-17-. The molecule has 3 aromatic rings. The minimum Gasteiger partial charge on any atom is -0.401 e. The van der Waals surface area contributed by atoms with E-state index in [4.69, 9.17) is 11.6 Å². The van der Waals surface area contributed by atoms with Crippen LogP contribution in [0.1, 0.15) is 36.1 Å². The summed E-state index contributed by atoms with van der Waals surface area (Å²) in [5.74, 6) is 6.42. The third kappa shape index (κ3) is 4.64. The number of hydrogen-bond donors (Lipinski definition) is 3. The second-order valence-electron chi connectivity index (χ2n) is 8.85. The Morgan fingerprint density at radius 3 is 2.53 bits per heavy atom. The summed E-state index contributed by atoms with van der Waals surface area (Å²) < 4.78 is 1.82. The predicted octanol–water partition coefficient (Wildman–Crippen LogP) is 3.53. The number of fused-ring (bicyclic) bond motifs is 1. The first-order valence-electron chi connectivity index (χ1n) is 10.9. The molecular weight excluding hydrogens is 398 g/mol. The predicted molar refractivity (Wildman–Crippen MR) is 131 cm³/mol. The van der Waals surface area contributed by atoms with E-state index in [9.17, 15) is 0 Å². The van der Waals surface area contributed by atoms with Gasteiger partial charge in [-0.3, -0.25) is 4.68 Å². The van der Waals surface area contributed by atoms with Crippen LogP contribution in [0.4, 0.5) is 5.69 Å². The Labute approximate surface area is 190 Å². The average Bonchev–Trinajstić information content (AvgIpc) is 3.12. The molecule has 0 fully saturated rings. The van der Waals surface area contributed by atoms with Crippen LogP contribution >= 0.6 is 0 Å². The van der Waals surface area contributed by atoms with Crippen LogP contribution in [0.15, 0.2) is 60.6 Å². The van der Waals surface area contributed by atoms with Gasteiger partial charge in [0.2, 0.25) is 0 Å². The molecule has 168 valence electrons. The molecule has 7 nitrogen and oxygen atoms in total. The van der Waals surface area contributed by atoms with Crippen LogP contribution in [0.3, 0.4) is 0 Å². The molecule has 0 radical (unpaired) electrons. The molecule has 1 unspecified atom stereocenters. The molecule has 32 heavy (non-hydrogen) atoms. The van der Waals surface area contributed by atoms with Gasteiger partial charge in [0, 0.05) is 48.8 Å². The molecule has 0 bridgehead atoms. The first-order valence-corrected chi connectivity index (χ1v) is 10.9. The van der Waals surface area contributed by atoms with E-state index in [2.05, 4.69) is 71.9 Å².